The van der Waals surface area contributed by atoms with Crippen molar-refractivity contribution in [3.8, 4) is 11.5 Å². The number of fused-ring (bicyclic) bond motifs is 2. The van der Waals surface area contributed by atoms with Gasteiger partial charge in [0, 0.05) is 29.8 Å². The zero-order chi connectivity index (χ0) is 17.2. The van der Waals surface area contributed by atoms with Crippen LogP contribution in [0.15, 0.2) is 42.5 Å². The third kappa shape index (κ3) is 3.28. The molecule has 2 aromatic carbocycles. The number of hydrogen-bond acceptors (Lipinski definition) is 4. The maximum Gasteiger partial charge on any atom is 0.231 e. The number of carbonyl (C=O) groups excluding carboxylic acids is 2. The minimum Gasteiger partial charge on any atom is -0.454 e. The summed E-state index contributed by atoms with van der Waals surface area (Å²) in [4.78, 5) is 24.4. The lowest BCUT2D eigenvalue weighted by atomic mass is 9.89. The SMILES string of the molecule is O=C(CCC1Cc2ccccc2NC1=O)Nc1ccc2c(c1)OCO2. The molecule has 0 fully saturated rings. The van der Waals surface area contributed by atoms with Gasteiger partial charge in [-0.25, -0.2) is 0 Å². The molecule has 2 aliphatic heterocycles. The number of carbonyl (C=O) groups is 2. The van der Waals surface area contributed by atoms with Crippen LogP contribution in [0.25, 0.3) is 0 Å². The van der Waals surface area contributed by atoms with Crippen LogP contribution in [0.4, 0.5) is 11.4 Å². The molecule has 128 valence electrons. The summed E-state index contributed by atoms with van der Waals surface area (Å²) < 4.78 is 10.5. The van der Waals surface area contributed by atoms with Gasteiger partial charge in [-0.1, -0.05) is 18.2 Å². The van der Waals surface area contributed by atoms with Crippen molar-refractivity contribution in [1.29, 1.82) is 0 Å². The highest BCUT2D eigenvalue weighted by Crippen LogP contribution is 2.34. The smallest absolute Gasteiger partial charge is 0.231 e. The molecule has 0 saturated heterocycles. The van der Waals surface area contributed by atoms with Crippen molar-refractivity contribution < 1.29 is 19.1 Å². The molecule has 4 rings (SSSR count). The summed E-state index contributed by atoms with van der Waals surface area (Å²) in [6.07, 6.45) is 1.46. The maximum absolute atomic E-state index is 12.2. The fourth-order valence-corrected chi connectivity index (χ4v) is 3.15. The van der Waals surface area contributed by atoms with Crippen molar-refractivity contribution in [3.63, 3.8) is 0 Å². The highest BCUT2D eigenvalue weighted by molar-refractivity contribution is 5.96. The third-order valence-corrected chi connectivity index (χ3v) is 4.49. The van der Waals surface area contributed by atoms with Gasteiger partial charge in [0.2, 0.25) is 18.6 Å². The van der Waals surface area contributed by atoms with Crippen LogP contribution in [-0.2, 0) is 16.0 Å². The topological polar surface area (TPSA) is 76.7 Å². The first kappa shape index (κ1) is 15.5. The molecular weight excluding hydrogens is 320 g/mol. The Morgan fingerprint density at radius 3 is 2.92 bits per heavy atom. The number of benzene rings is 2. The molecule has 2 aromatic rings. The van der Waals surface area contributed by atoms with Crippen molar-refractivity contribution in [2.24, 2.45) is 5.92 Å². The first-order valence-corrected chi connectivity index (χ1v) is 8.27. The van der Waals surface area contributed by atoms with Gasteiger partial charge in [-0.2, -0.15) is 0 Å². The van der Waals surface area contributed by atoms with Gasteiger partial charge >= 0.3 is 0 Å². The zero-order valence-corrected chi connectivity index (χ0v) is 13.6. The second-order valence-corrected chi connectivity index (χ2v) is 6.20. The second kappa shape index (κ2) is 6.47. The van der Waals surface area contributed by atoms with Crippen LogP contribution in [0.2, 0.25) is 0 Å². The summed E-state index contributed by atoms with van der Waals surface area (Å²) in [6, 6.07) is 13.0. The molecule has 0 aliphatic carbocycles. The van der Waals surface area contributed by atoms with E-state index in [1.165, 1.54) is 0 Å². The quantitative estimate of drug-likeness (QED) is 0.899. The van der Waals surface area contributed by atoms with Crippen molar-refractivity contribution in [3.05, 3.63) is 48.0 Å². The number of anilines is 2. The molecule has 2 N–H and O–H groups in total. The van der Waals surface area contributed by atoms with E-state index in [2.05, 4.69) is 10.6 Å². The van der Waals surface area contributed by atoms with E-state index >= 15 is 0 Å². The Hall–Kier alpha value is -3.02. The largest absolute Gasteiger partial charge is 0.454 e. The lowest BCUT2D eigenvalue weighted by molar-refractivity contribution is -0.121. The Labute approximate surface area is 145 Å². The van der Waals surface area contributed by atoms with E-state index in [0.717, 1.165) is 11.3 Å². The Balaban J connectivity index is 1.34. The summed E-state index contributed by atoms with van der Waals surface area (Å²) in [7, 11) is 0. The summed E-state index contributed by atoms with van der Waals surface area (Å²) in [5.74, 6) is 0.981. The van der Waals surface area contributed by atoms with Crippen molar-refractivity contribution in [2.45, 2.75) is 19.3 Å². The number of amides is 2. The predicted octanol–water partition coefficient (Wildman–Crippen LogP) is 2.95. The highest BCUT2D eigenvalue weighted by atomic mass is 16.7. The Bertz CT molecular complexity index is 834. The standard InChI is InChI=1S/C19H18N2O4/c22-18(20-14-6-7-16-17(10-14)25-11-24-16)8-5-13-9-12-3-1-2-4-15(12)21-19(13)23/h1-4,6-7,10,13H,5,8-9,11H2,(H,20,22)(H,21,23). The Morgan fingerprint density at radius 2 is 2.00 bits per heavy atom. The van der Waals surface area contributed by atoms with Crippen LogP contribution >= 0.6 is 0 Å². The fraction of sp³-hybridized carbons (Fsp3) is 0.263. The minimum atomic E-state index is -0.183. The van der Waals surface area contributed by atoms with E-state index in [1.807, 2.05) is 24.3 Å². The van der Waals surface area contributed by atoms with Crippen LogP contribution in [0, 0.1) is 5.92 Å². The van der Waals surface area contributed by atoms with Gasteiger partial charge in [0.05, 0.1) is 0 Å². The number of rotatable bonds is 4. The first-order valence-electron chi connectivity index (χ1n) is 8.27. The van der Waals surface area contributed by atoms with Crippen molar-refractivity contribution in [2.75, 3.05) is 17.4 Å². The van der Waals surface area contributed by atoms with Crippen LogP contribution in [0.1, 0.15) is 18.4 Å². The van der Waals surface area contributed by atoms with Gasteiger partial charge in [-0.15, -0.1) is 0 Å². The molecule has 1 atom stereocenters. The van der Waals surface area contributed by atoms with Crippen LogP contribution in [-0.4, -0.2) is 18.6 Å². The monoisotopic (exact) mass is 338 g/mol. The molecule has 2 amide bonds. The van der Waals surface area contributed by atoms with Crippen LogP contribution in [0.3, 0.4) is 0 Å². The first-order chi connectivity index (χ1) is 12.2. The van der Waals surface area contributed by atoms with E-state index in [9.17, 15) is 9.59 Å². The van der Waals surface area contributed by atoms with E-state index in [4.69, 9.17) is 9.47 Å². The molecular formula is C19H18N2O4. The number of para-hydroxylation sites is 1. The average molecular weight is 338 g/mol. The van der Waals surface area contributed by atoms with E-state index < -0.39 is 0 Å². The van der Waals surface area contributed by atoms with E-state index in [0.29, 0.717) is 30.0 Å². The average Bonchev–Trinajstić information content (AvgIpc) is 3.07. The maximum atomic E-state index is 12.2. The lowest BCUT2D eigenvalue weighted by Gasteiger charge is -2.24. The molecule has 0 saturated carbocycles. The van der Waals surface area contributed by atoms with Gasteiger partial charge in [-0.05, 0) is 36.6 Å². The lowest BCUT2D eigenvalue weighted by Crippen LogP contribution is -2.30. The molecule has 0 radical (unpaired) electrons. The Kier molecular flexibility index (Phi) is 4.01. The summed E-state index contributed by atoms with van der Waals surface area (Å²) in [5, 5.41) is 5.75. The molecule has 0 spiro atoms. The Morgan fingerprint density at radius 1 is 1.16 bits per heavy atom. The highest BCUT2D eigenvalue weighted by Gasteiger charge is 2.26. The molecule has 6 heteroatoms. The van der Waals surface area contributed by atoms with Gasteiger partial charge < -0.3 is 20.1 Å². The normalized spacial score (nSPS) is 17.6. The summed E-state index contributed by atoms with van der Waals surface area (Å²) >= 11 is 0. The van der Waals surface area contributed by atoms with E-state index in [1.54, 1.807) is 18.2 Å². The second-order valence-electron chi connectivity index (χ2n) is 6.20. The fourth-order valence-electron chi connectivity index (χ4n) is 3.15. The summed E-state index contributed by atoms with van der Waals surface area (Å²) in [5.41, 5.74) is 2.64. The number of ether oxygens (including phenoxy) is 2. The summed E-state index contributed by atoms with van der Waals surface area (Å²) in [6.45, 7) is 0.199. The van der Waals surface area contributed by atoms with E-state index in [-0.39, 0.29) is 30.9 Å². The predicted molar refractivity (Wildman–Crippen MR) is 92.7 cm³/mol. The minimum absolute atomic E-state index is 0.0189. The van der Waals surface area contributed by atoms with Gasteiger partial charge in [0.15, 0.2) is 11.5 Å². The molecule has 1 unspecified atom stereocenters. The van der Waals surface area contributed by atoms with Gasteiger partial charge in [0.25, 0.3) is 0 Å². The van der Waals surface area contributed by atoms with Crippen LogP contribution in [0.5, 0.6) is 11.5 Å². The molecule has 0 aromatic heterocycles. The molecule has 2 heterocycles. The van der Waals surface area contributed by atoms with Crippen LogP contribution < -0.4 is 20.1 Å². The molecule has 2 aliphatic rings. The van der Waals surface area contributed by atoms with Gasteiger partial charge in [-0.3, -0.25) is 9.59 Å². The number of nitrogens with one attached hydrogen (secondary N) is 2. The molecule has 6 nitrogen and oxygen atoms in total. The number of hydrogen-bond donors (Lipinski definition) is 2. The molecule has 0 bridgehead atoms. The zero-order valence-electron chi connectivity index (χ0n) is 13.6. The third-order valence-electron chi connectivity index (χ3n) is 4.49. The van der Waals surface area contributed by atoms with Crippen molar-refractivity contribution in [1.82, 2.24) is 0 Å². The van der Waals surface area contributed by atoms with Gasteiger partial charge in [0.1, 0.15) is 0 Å². The van der Waals surface area contributed by atoms with Crippen molar-refractivity contribution >= 4 is 23.2 Å². The molecule has 25 heavy (non-hydrogen) atoms.